The Morgan fingerprint density at radius 3 is 2.04 bits per heavy atom. The summed E-state index contributed by atoms with van der Waals surface area (Å²) in [7, 11) is 2.33. The van der Waals surface area contributed by atoms with E-state index < -0.39 is 23.8 Å². The fourth-order valence-corrected chi connectivity index (χ4v) is 2.76. The zero-order valence-corrected chi connectivity index (χ0v) is 15.1. The Morgan fingerprint density at radius 2 is 1.46 bits per heavy atom. The van der Waals surface area contributed by atoms with Crippen molar-refractivity contribution in [1.29, 1.82) is 0 Å². The number of amides is 2. The summed E-state index contributed by atoms with van der Waals surface area (Å²) in [5.74, 6) is -2.55. The maximum Gasteiger partial charge on any atom is 0.354 e. The molecule has 0 atom stereocenters. The molecule has 0 aromatic heterocycles. The molecule has 1 N–H and O–H groups in total. The topological polar surface area (TPSA) is 102 Å². The summed E-state index contributed by atoms with van der Waals surface area (Å²) in [5, 5.41) is 2.75. The number of nitrogens with zero attached hydrogens (tertiary/aromatic N) is 1. The Morgan fingerprint density at radius 1 is 0.893 bits per heavy atom. The van der Waals surface area contributed by atoms with Gasteiger partial charge in [-0.2, -0.15) is 0 Å². The molecule has 142 valence electrons. The summed E-state index contributed by atoms with van der Waals surface area (Å²) in [6, 6.07) is 12.9. The summed E-state index contributed by atoms with van der Waals surface area (Å²) < 4.78 is 9.20. The van der Waals surface area contributed by atoms with Crippen LogP contribution in [0.5, 0.6) is 0 Å². The first-order valence-corrected chi connectivity index (χ1v) is 8.19. The molecule has 0 bridgehead atoms. The van der Waals surface area contributed by atoms with Gasteiger partial charge in [-0.25, -0.2) is 14.5 Å². The third-order valence-corrected chi connectivity index (χ3v) is 4.08. The molecule has 0 fully saturated rings. The van der Waals surface area contributed by atoms with Gasteiger partial charge in [-0.3, -0.25) is 9.59 Å². The van der Waals surface area contributed by atoms with Crippen LogP contribution in [0.3, 0.4) is 0 Å². The lowest BCUT2D eigenvalue weighted by Gasteiger charge is -2.19. The van der Waals surface area contributed by atoms with E-state index in [-0.39, 0.29) is 17.1 Å². The number of hydrogen-bond donors (Lipinski definition) is 1. The normalized spacial score (nSPS) is 13.2. The quantitative estimate of drug-likeness (QED) is 0.482. The molecule has 8 nitrogen and oxygen atoms in total. The lowest BCUT2D eigenvalue weighted by Crippen LogP contribution is -2.30. The summed E-state index contributed by atoms with van der Waals surface area (Å²) in [4.78, 5) is 50.1. The number of esters is 2. The Hall–Kier alpha value is -3.94. The van der Waals surface area contributed by atoms with Gasteiger partial charge in [0.1, 0.15) is 5.70 Å². The molecular formula is C20H16N2O6. The number of fused-ring (bicyclic) bond motifs is 1. The number of nitrogens with one attached hydrogen (secondary N) is 1. The van der Waals surface area contributed by atoms with Gasteiger partial charge in [0.2, 0.25) is 0 Å². The van der Waals surface area contributed by atoms with Gasteiger partial charge in [-0.15, -0.1) is 0 Å². The Bertz CT molecular complexity index is 976. The van der Waals surface area contributed by atoms with Crippen molar-refractivity contribution in [2.45, 2.75) is 0 Å². The summed E-state index contributed by atoms with van der Waals surface area (Å²) in [5.41, 5.74) is 0.866. The van der Waals surface area contributed by atoms with E-state index in [9.17, 15) is 19.2 Å². The Balaban J connectivity index is 2.02. The molecule has 8 heteroatoms. The van der Waals surface area contributed by atoms with Gasteiger partial charge in [0.05, 0.1) is 42.8 Å². The number of rotatable bonds is 5. The van der Waals surface area contributed by atoms with Gasteiger partial charge in [0.15, 0.2) is 0 Å². The third kappa shape index (κ3) is 3.35. The van der Waals surface area contributed by atoms with E-state index in [0.717, 1.165) is 18.1 Å². The van der Waals surface area contributed by atoms with Crippen LogP contribution in [0, 0.1) is 0 Å². The molecule has 0 aliphatic carbocycles. The van der Waals surface area contributed by atoms with E-state index in [1.165, 1.54) is 7.11 Å². The number of hydrogen-bond acceptors (Lipinski definition) is 7. The van der Waals surface area contributed by atoms with Crippen LogP contribution < -0.4 is 10.2 Å². The number of imide groups is 1. The molecule has 28 heavy (non-hydrogen) atoms. The predicted molar refractivity (Wildman–Crippen MR) is 99.8 cm³/mol. The standard InChI is InChI=1S/C20H16N2O6/c1-27-17(23)11-15(20(26)28-2)21-14-9-5-6-10-16(14)22-18(24)12-7-3-4-8-13(12)19(22)25/h3-11,21H,1-2H3/b15-11+. The van der Waals surface area contributed by atoms with Gasteiger partial charge in [0, 0.05) is 0 Å². The summed E-state index contributed by atoms with van der Waals surface area (Å²) in [6.45, 7) is 0. The first-order valence-electron chi connectivity index (χ1n) is 8.19. The molecule has 0 spiro atoms. The van der Waals surface area contributed by atoms with Crippen molar-refractivity contribution in [3.05, 3.63) is 71.4 Å². The number of methoxy groups -OCH3 is 2. The highest BCUT2D eigenvalue weighted by Crippen LogP contribution is 2.34. The second-order valence-corrected chi connectivity index (χ2v) is 5.71. The minimum atomic E-state index is -0.817. The lowest BCUT2D eigenvalue weighted by atomic mass is 10.1. The van der Waals surface area contributed by atoms with Crippen LogP contribution in [0.15, 0.2) is 60.3 Å². The number of benzene rings is 2. The van der Waals surface area contributed by atoms with Crippen molar-refractivity contribution in [3.8, 4) is 0 Å². The average Bonchev–Trinajstić information content (AvgIpc) is 2.98. The number of anilines is 2. The molecule has 0 unspecified atom stereocenters. The largest absolute Gasteiger partial charge is 0.466 e. The zero-order chi connectivity index (χ0) is 20.3. The molecule has 1 aliphatic heterocycles. The average molecular weight is 380 g/mol. The summed E-state index contributed by atoms with van der Waals surface area (Å²) in [6.07, 6.45) is 0.922. The van der Waals surface area contributed by atoms with E-state index in [2.05, 4.69) is 14.8 Å². The first kappa shape index (κ1) is 18.8. The van der Waals surface area contributed by atoms with Crippen molar-refractivity contribution in [2.24, 2.45) is 0 Å². The van der Waals surface area contributed by atoms with E-state index in [1.807, 2.05) is 0 Å². The van der Waals surface area contributed by atoms with Crippen LogP contribution in [-0.2, 0) is 19.1 Å². The molecule has 3 rings (SSSR count). The van der Waals surface area contributed by atoms with Crippen molar-refractivity contribution in [2.75, 3.05) is 24.4 Å². The highest BCUT2D eigenvalue weighted by molar-refractivity contribution is 6.35. The monoisotopic (exact) mass is 380 g/mol. The molecular weight excluding hydrogens is 364 g/mol. The second-order valence-electron chi connectivity index (χ2n) is 5.71. The molecule has 0 saturated carbocycles. The maximum absolute atomic E-state index is 12.8. The van der Waals surface area contributed by atoms with Crippen LogP contribution in [0.1, 0.15) is 20.7 Å². The van der Waals surface area contributed by atoms with Crippen LogP contribution in [0.4, 0.5) is 11.4 Å². The Labute approximate surface area is 160 Å². The van der Waals surface area contributed by atoms with Crippen molar-refractivity contribution >= 4 is 35.1 Å². The van der Waals surface area contributed by atoms with Crippen LogP contribution in [0.25, 0.3) is 0 Å². The Kier molecular flexibility index (Phi) is 5.21. The van der Waals surface area contributed by atoms with Gasteiger partial charge >= 0.3 is 11.9 Å². The summed E-state index contributed by atoms with van der Waals surface area (Å²) >= 11 is 0. The highest BCUT2D eigenvalue weighted by atomic mass is 16.5. The predicted octanol–water partition coefficient (Wildman–Crippen LogP) is 2.13. The minimum absolute atomic E-state index is 0.210. The van der Waals surface area contributed by atoms with Crippen LogP contribution in [-0.4, -0.2) is 38.0 Å². The molecule has 0 radical (unpaired) electrons. The number of carbonyl (C=O) groups excluding carboxylic acids is 4. The number of ether oxygens (including phenoxy) is 2. The molecule has 2 aromatic rings. The maximum atomic E-state index is 12.8. The van der Waals surface area contributed by atoms with Crippen LogP contribution in [0.2, 0.25) is 0 Å². The SMILES string of the molecule is COC(=O)/C=C(/Nc1ccccc1N1C(=O)c2ccccc2C1=O)C(=O)OC. The first-order chi connectivity index (χ1) is 13.5. The molecule has 0 saturated heterocycles. The van der Waals surface area contributed by atoms with E-state index in [0.29, 0.717) is 11.1 Å². The molecule has 1 aliphatic rings. The van der Waals surface area contributed by atoms with Crippen LogP contribution >= 0.6 is 0 Å². The van der Waals surface area contributed by atoms with Gasteiger partial charge < -0.3 is 14.8 Å². The minimum Gasteiger partial charge on any atom is -0.466 e. The third-order valence-electron chi connectivity index (χ3n) is 4.08. The number of carbonyl (C=O) groups is 4. The van der Waals surface area contributed by atoms with Gasteiger partial charge in [-0.1, -0.05) is 24.3 Å². The fourth-order valence-electron chi connectivity index (χ4n) is 2.76. The van der Waals surface area contributed by atoms with Crippen molar-refractivity contribution < 1.29 is 28.7 Å². The van der Waals surface area contributed by atoms with Crippen molar-refractivity contribution in [3.63, 3.8) is 0 Å². The zero-order valence-electron chi connectivity index (χ0n) is 15.1. The fraction of sp³-hybridized carbons (Fsp3) is 0.100. The molecule has 2 amide bonds. The van der Waals surface area contributed by atoms with E-state index in [4.69, 9.17) is 0 Å². The van der Waals surface area contributed by atoms with Gasteiger partial charge in [-0.05, 0) is 24.3 Å². The number of para-hydroxylation sites is 2. The van der Waals surface area contributed by atoms with Gasteiger partial charge in [0.25, 0.3) is 11.8 Å². The van der Waals surface area contributed by atoms with E-state index >= 15 is 0 Å². The smallest absolute Gasteiger partial charge is 0.354 e. The molecule has 1 heterocycles. The second kappa shape index (κ2) is 7.75. The lowest BCUT2D eigenvalue weighted by molar-refractivity contribution is -0.138. The molecule has 2 aromatic carbocycles. The van der Waals surface area contributed by atoms with E-state index in [1.54, 1.807) is 48.5 Å². The van der Waals surface area contributed by atoms with Crippen molar-refractivity contribution in [1.82, 2.24) is 0 Å². The highest BCUT2D eigenvalue weighted by Gasteiger charge is 2.37.